The molecule has 0 atom stereocenters. The Hall–Kier alpha value is -1.03. The van der Waals surface area contributed by atoms with Gasteiger partial charge < -0.3 is 9.84 Å². The molecule has 0 fully saturated rings. The van der Waals surface area contributed by atoms with E-state index in [0.717, 1.165) is 22.4 Å². The van der Waals surface area contributed by atoms with Crippen molar-refractivity contribution in [2.75, 3.05) is 7.11 Å². The summed E-state index contributed by atoms with van der Waals surface area (Å²) in [5.74, 6) is -0.0879. The van der Waals surface area contributed by atoms with Gasteiger partial charge in [0.15, 0.2) is 0 Å². The fraction of sp³-hybridized carbons (Fsp3) is 0.364. The minimum atomic E-state index is -0.827. The van der Waals surface area contributed by atoms with Gasteiger partial charge in [0.1, 0.15) is 5.75 Å². The van der Waals surface area contributed by atoms with Crippen LogP contribution in [0.25, 0.3) is 0 Å². The fourth-order valence-corrected chi connectivity index (χ4v) is 1.77. The van der Waals surface area contributed by atoms with Gasteiger partial charge in [0, 0.05) is 5.33 Å². The summed E-state index contributed by atoms with van der Waals surface area (Å²) < 4.78 is 5.20. The number of benzene rings is 1. The predicted octanol–water partition coefficient (Wildman–Crippen LogP) is 2.53. The molecule has 1 rings (SSSR count). The van der Waals surface area contributed by atoms with E-state index in [-0.39, 0.29) is 6.42 Å². The third-order valence-corrected chi connectivity index (χ3v) is 2.89. The number of carbonyl (C=O) groups is 1. The number of carboxylic acid groups (broad SMARTS) is 1. The van der Waals surface area contributed by atoms with Crippen molar-refractivity contribution in [1.82, 2.24) is 0 Å². The Bertz CT molecular complexity index is 374. The summed E-state index contributed by atoms with van der Waals surface area (Å²) in [6, 6.07) is 3.80. The molecule has 3 nitrogen and oxygen atoms in total. The zero-order valence-electron chi connectivity index (χ0n) is 8.71. The predicted molar refractivity (Wildman–Crippen MR) is 61.7 cm³/mol. The molecule has 0 radical (unpaired) electrons. The van der Waals surface area contributed by atoms with Gasteiger partial charge in [0.05, 0.1) is 13.5 Å². The summed E-state index contributed by atoms with van der Waals surface area (Å²) in [6.45, 7) is 1.87. The maximum absolute atomic E-state index is 10.7. The molecule has 0 heterocycles. The van der Waals surface area contributed by atoms with Crippen LogP contribution in [0, 0.1) is 6.92 Å². The summed E-state index contributed by atoms with van der Waals surface area (Å²) in [6.07, 6.45) is 0.0308. The third-order valence-electron chi connectivity index (χ3n) is 2.24. The minimum Gasteiger partial charge on any atom is -0.496 e. The molecular weight excluding hydrogens is 260 g/mol. The maximum Gasteiger partial charge on any atom is 0.307 e. The van der Waals surface area contributed by atoms with Crippen LogP contribution in [-0.2, 0) is 16.5 Å². The molecule has 0 amide bonds. The van der Waals surface area contributed by atoms with Crippen LogP contribution in [-0.4, -0.2) is 18.2 Å². The fourth-order valence-electron chi connectivity index (χ4n) is 1.44. The van der Waals surface area contributed by atoms with Crippen LogP contribution in [0.3, 0.4) is 0 Å². The normalized spacial score (nSPS) is 10.1. The zero-order valence-corrected chi connectivity index (χ0v) is 10.3. The first-order valence-corrected chi connectivity index (χ1v) is 5.64. The Labute approximate surface area is 97.2 Å². The SMILES string of the molecule is COc1cc(CBr)cc(CC(=O)O)c1C. The average molecular weight is 273 g/mol. The van der Waals surface area contributed by atoms with Crippen LogP contribution < -0.4 is 4.74 Å². The minimum absolute atomic E-state index is 0.0308. The molecule has 0 saturated carbocycles. The van der Waals surface area contributed by atoms with Gasteiger partial charge in [-0.2, -0.15) is 0 Å². The molecule has 0 aliphatic rings. The van der Waals surface area contributed by atoms with Crippen molar-refractivity contribution in [2.24, 2.45) is 0 Å². The van der Waals surface area contributed by atoms with Gasteiger partial charge >= 0.3 is 5.97 Å². The number of halogens is 1. The number of hydrogen-bond donors (Lipinski definition) is 1. The zero-order chi connectivity index (χ0) is 11.4. The first kappa shape index (κ1) is 12.0. The molecule has 0 bridgehead atoms. The summed E-state index contributed by atoms with van der Waals surface area (Å²) in [7, 11) is 1.59. The third kappa shape index (κ3) is 2.96. The molecule has 82 valence electrons. The quantitative estimate of drug-likeness (QED) is 0.857. The molecular formula is C11H13BrO3. The smallest absolute Gasteiger partial charge is 0.307 e. The van der Waals surface area contributed by atoms with Crippen LogP contribution in [0.1, 0.15) is 16.7 Å². The number of aliphatic carboxylic acids is 1. The molecule has 0 aliphatic carbocycles. The van der Waals surface area contributed by atoms with Crippen molar-refractivity contribution in [3.63, 3.8) is 0 Å². The molecule has 1 aromatic carbocycles. The van der Waals surface area contributed by atoms with E-state index in [1.165, 1.54) is 0 Å². The van der Waals surface area contributed by atoms with Crippen LogP contribution in [0.2, 0.25) is 0 Å². The van der Waals surface area contributed by atoms with Crippen molar-refractivity contribution in [1.29, 1.82) is 0 Å². The van der Waals surface area contributed by atoms with E-state index in [2.05, 4.69) is 15.9 Å². The van der Waals surface area contributed by atoms with Crippen molar-refractivity contribution < 1.29 is 14.6 Å². The molecule has 0 aliphatic heterocycles. The van der Waals surface area contributed by atoms with E-state index in [1.54, 1.807) is 7.11 Å². The Kier molecular flexibility index (Phi) is 4.15. The van der Waals surface area contributed by atoms with Gasteiger partial charge in [0.25, 0.3) is 0 Å². The Morgan fingerprint density at radius 3 is 2.67 bits per heavy atom. The molecule has 0 aromatic heterocycles. The van der Waals surface area contributed by atoms with E-state index < -0.39 is 5.97 Å². The molecule has 1 N–H and O–H groups in total. The van der Waals surface area contributed by atoms with E-state index in [1.807, 2.05) is 19.1 Å². The Balaban J connectivity index is 3.17. The first-order valence-electron chi connectivity index (χ1n) is 4.52. The molecule has 1 aromatic rings. The summed E-state index contributed by atoms with van der Waals surface area (Å²) >= 11 is 3.34. The topological polar surface area (TPSA) is 46.5 Å². The molecule has 0 spiro atoms. The first-order chi connectivity index (χ1) is 7.08. The molecule has 0 saturated heterocycles. The second-order valence-corrected chi connectivity index (χ2v) is 3.85. The van der Waals surface area contributed by atoms with Crippen LogP contribution >= 0.6 is 15.9 Å². The van der Waals surface area contributed by atoms with Gasteiger partial charge in [-0.05, 0) is 29.7 Å². The lowest BCUT2D eigenvalue weighted by Crippen LogP contribution is -2.04. The van der Waals surface area contributed by atoms with Gasteiger partial charge in [-0.3, -0.25) is 4.79 Å². The van der Waals surface area contributed by atoms with Crippen LogP contribution in [0.4, 0.5) is 0 Å². The highest BCUT2D eigenvalue weighted by Crippen LogP contribution is 2.25. The van der Waals surface area contributed by atoms with E-state index in [0.29, 0.717) is 5.33 Å². The number of carboxylic acids is 1. The number of alkyl halides is 1. The van der Waals surface area contributed by atoms with Crippen molar-refractivity contribution in [3.05, 3.63) is 28.8 Å². The standard InChI is InChI=1S/C11H13BrO3/c1-7-9(5-11(13)14)3-8(6-12)4-10(7)15-2/h3-4H,5-6H2,1-2H3,(H,13,14). The second-order valence-electron chi connectivity index (χ2n) is 3.29. The summed E-state index contributed by atoms with van der Waals surface area (Å²) in [4.78, 5) is 10.7. The summed E-state index contributed by atoms with van der Waals surface area (Å²) in [5, 5.41) is 9.46. The van der Waals surface area contributed by atoms with E-state index in [4.69, 9.17) is 9.84 Å². The Morgan fingerprint density at radius 2 is 2.20 bits per heavy atom. The molecule has 0 unspecified atom stereocenters. The lowest BCUT2D eigenvalue weighted by Gasteiger charge is -2.11. The highest BCUT2D eigenvalue weighted by atomic mass is 79.9. The maximum atomic E-state index is 10.7. The van der Waals surface area contributed by atoms with Crippen LogP contribution in [0.5, 0.6) is 5.75 Å². The molecule has 15 heavy (non-hydrogen) atoms. The average Bonchev–Trinajstić information content (AvgIpc) is 2.20. The van der Waals surface area contributed by atoms with Gasteiger partial charge in [-0.1, -0.05) is 22.0 Å². The monoisotopic (exact) mass is 272 g/mol. The number of methoxy groups -OCH3 is 1. The van der Waals surface area contributed by atoms with Gasteiger partial charge in [-0.15, -0.1) is 0 Å². The van der Waals surface area contributed by atoms with Gasteiger partial charge in [0.2, 0.25) is 0 Å². The largest absolute Gasteiger partial charge is 0.496 e. The number of hydrogen-bond acceptors (Lipinski definition) is 2. The lowest BCUT2D eigenvalue weighted by atomic mass is 10.0. The number of rotatable bonds is 4. The van der Waals surface area contributed by atoms with Crippen molar-refractivity contribution >= 4 is 21.9 Å². The molecule has 4 heteroatoms. The Morgan fingerprint density at radius 1 is 1.53 bits per heavy atom. The lowest BCUT2D eigenvalue weighted by molar-refractivity contribution is -0.136. The van der Waals surface area contributed by atoms with Crippen LogP contribution in [0.15, 0.2) is 12.1 Å². The number of ether oxygens (including phenoxy) is 1. The summed E-state index contributed by atoms with van der Waals surface area (Å²) in [5.41, 5.74) is 2.72. The second kappa shape index (κ2) is 5.16. The highest BCUT2D eigenvalue weighted by Gasteiger charge is 2.10. The van der Waals surface area contributed by atoms with Gasteiger partial charge in [-0.25, -0.2) is 0 Å². The van der Waals surface area contributed by atoms with E-state index >= 15 is 0 Å². The van der Waals surface area contributed by atoms with E-state index in [9.17, 15) is 4.79 Å². The van der Waals surface area contributed by atoms with Crippen molar-refractivity contribution in [3.8, 4) is 5.75 Å². The van der Waals surface area contributed by atoms with Crippen molar-refractivity contribution in [2.45, 2.75) is 18.7 Å². The highest BCUT2D eigenvalue weighted by molar-refractivity contribution is 9.08.